The van der Waals surface area contributed by atoms with Gasteiger partial charge < -0.3 is 5.73 Å². The van der Waals surface area contributed by atoms with E-state index in [2.05, 4.69) is 6.92 Å². The second-order valence-electron chi connectivity index (χ2n) is 3.15. The van der Waals surface area contributed by atoms with Gasteiger partial charge in [-0.3, -0.25) is 0 Å². The van der Waals surface area contributed by atoms with Crippen molar-refractivity contribution in [2.75, 3.05) is 0 Å². The molecule has 2 N–H and O–H groups in total. The summed E-state index contributed by atoms with van der Waals surface area (Å²) in [7, 11) is 0. The van der Waals surface area contributed by atoms with Crippen molar-refractivity contribution in [1.82, 2.24) is 0 Å². The molecule has 0 aliphatic heterocycles. The van der Waals surface area contributed by atoms with Crippen LogP contribution in [0, 0.1) is 12.8 Å². The monoisotopic (exact) mass is 126 g/mol. The van der Waals surface area contributed by atoms with E-state index in [-0.39, 0.29) is 6.04 Å². The van der Waals surface area contributed by atoms with Crippen LogP contribution in [0.5, 0.6) is 0 Å². The summed E-state index contributed by atoms with van der Waals surface area (Å²) >= 11 is 0. The Bertz CT molecular complexity index is 72.6. The standard InChI is InChI=1S/C8H16N/c1-7(9)6-8-4-2-3-5-8/h7-8H,1-6,9H2/t7-/m0/s1. The summed E-state index contributed by atoms with van der Waals surface area (Å²) in [5, 5.41) is 0. The highest BCUT2D eigenvalue weighted by Crippen LogP contribution is 2.27. The third-order valence-electron chi connectivity index (χ3n) is 2.11. The molecule has 0 unspecified atom stereocenters. The summed E-state index contributed by atoms with van der Waals surface area (Å²) in [6.45, 7) is 3.78. The van der Waals surface area contributed by atoms with Crippen LogP contribution in [0.1, 0.15) is 32.1 Å². The molecule has 0 amide bonds. The number of nitrogens with two attached hydrogens (primary N) is 1. The van der Waals surface area contributed by atoms with Crippen LogP contribution < -0.4 is 5.73 Å². The van der Waals surface area contributed by atoms with Gasteiger partial charge in [-0.1, -0.05) is 25.7 Å². The lowest BCUT2D eigenvalue weighted by Gasteiger charge is -2.10. The van der Waals surface area contributed by atoms with Crippen LogP contribution in [0.15, 0.2) is 0 Å². The third-order valence-corrected chi connectivity index (χ3v) is 2.11. The Balaban J connectivity index is 2.11. The quantitative estimate of drug-likeness (QED) is 0.599. The predicted molar refractivity (Wildman–Crippen MR) is 39.9 cm³/mol. The van der Waals surface area contributed by atoms with Gasteiger partial charge in [0.1, 0.15) is 0 Å². The predicted octanol–water partition coefficient (Wildman–Crippen LogP) is 1.73. The molecule has 1 aliphatic carbocycles. The normalized spacial score (nSPS) is 24.7. The first kappa shape index (κ1) is 7.07. The van der Waals surface area contributed by atoms with Crippen molar-refractivity contribution >= 4 is 0 Å². The van der Waals surface area contributed by atoms with Gasteiger partial charge in [0.05, 0.1) is 0 Å². The van der Waals surface area contributed by atoms with E-state index < -0.39 is 0 Å². The molecular formula is C8H16N. The second-order valence-corrected chi connectivity index (χ2v) is 3.15. The number of rotatable bonds is 2. The van der Waals surface area contributed by atoms with Crippen molar-refractivity contribution in [3.63, 3.8) is 0 Å². The topological polar surface area (TPSA) is 26.0 Å². The second kappa shape index (κ2) is 3.21. The molecule has 0 aromatic heterocycles. The first-order chi connectivity index (χ1) is 4.29. The Morgan fingerprint density at radius 3 is 2.44 bits per heavy atom. The first-order valence-corrected chi connectivity index (χ1v) is 3.87. The molecule has 0 aromatic carbocycles. The minimum absolute atomic E-state index is 0.174. The van der Waals surface area contributed by atoms with Gasteiger partial charge in [0.2, 0.25) is 0 Å². The zero-order valence-corrected chi connectivity index (χ0v) is 5.97. The molecule has 1 radical (unpaired) electrons. The van der Waals surface area contributed by atoms with Gasteiger partial charge in [-0.05, 0) is 19.3 Å². The lowest BCUT2D eigenvalue weighted by Crippen LogP contribution is -2.18. The van der Waals surface area contributed by atoms with Crippen LogP contribution in [0.3, 0.4) is 0 Å². The Labute approximate surface area is 57.6 Å². The molecule has 53 valence electrons. The summed E-state index contributed by atoms with van der Waals surface area (Å²) in [5.74, 6) is 0.900. The average Bonchev–Trinajstić information content (AvgIpc) is 2.15. The van der Waals surface area contributed by atoms with E-state index in [1.54, 1.807) is 0 Å². The van der Waals surface area contributed by atoms with E-state index >= 15 is 0 Å². The van der Waals surface area contributed by atoms with E-state index in [0.29, 0.717) is 0 Å². The minimum atomic E-state index is 0.174. The minimum Gasteiger partial charge on any atom is -0.328 e. The summed E-state index contributed by atoms with van der Waals surface area (Å²) in [5.41, 5.74) is 5.56. The van der Waals surface area contributed by atoms with Gasteiger partial charge in [0.15, 0.2) is 0 Å². The van der Waals surface area contributed by atoms with Crippen molar-refractivity contribution in [3.05, 3.63) is 6.92 Å². The van der Waals surface area contributed by atoms with E-state index in [4.69, 9.17) is 5.73 Å². The Morgan fingerprint density at radius 2 is 2.00 bits per heavy atom. The van der Waals surface area contributed by atoms with Gasteiger partial charge in [0.25, 0.3) is 0 Å². The molecule has 1 nitrogen and oxygen atoms in total. The van der Waals surface area contributed by atoms with Crippen molar-refractivity contribution in [1.29, 1.82) is 0 Å². The summed E-state index contributed by atoms with van der Waals surface area (Å²) in [6.07, 6.45) is 6.75. The summed E-state index contributed by atoms with van der Waals surface area (Å²) < 4.78 is 0. The highest BCUT2D eigenvalue weighted by atomic mass is 14.6. The molecule has 1 aliphatic rings. The van der Waals surface area contributed by atoms with Gasteiger partial charge in [-0.25, -0.2) is 0 Å². The number of hydrogen-bond donors (Lipinski definition) is 1. The smallest absolute Gasteiger partial charge is 0.00420 e. The van der Waals surface area contributed by atoms with Crippen LogP contribution in [0.2, 0.25) is 0 Å². The zero-order valence-electron chi connectivity index (χ0n) is 5.97. The molecule has 0 bridgehead atoms. The zero-order chi connectivity index (χ0) is 6.69. The van der Waals surface area contributed by atoms with Gasteiger partial charge in [0, 0.05) is 6.04 Å². The van der Waals surface area contributed by atoms with Crippen LogP contribution in [0.25, 0.3) is 0 Å². The molecular weight excluding hydrogens is 110 g/mol. The third kappa shape index (κ3) is 2.35. The molecule has 1 atom stereocenters. The van der Waals surface area contributed by atoms with E-state index in [0.717, 1.165) is 12.3 Å². The molecule has 0 aromatic rings. The van der Waals surface area contributed by atoms with Crippen molar-refractivity contribution in [2.45, 2.75) is 38.1 Å². The van der Waals surface area contributed by atoms with E-state index in [9.17, 15) is 0 Å². The fraction of sp³-hybridized carbons (Fsp3) is 0.875. The lowest BCUT2D eigenvalue weighted by molar-refractivity contribution is 0.475. The highest BCUT2D eigenvalue weighted by molar-refractivity contribution is 4.73. The van der Waals surface area contributed by atoms with Crippen LogP contribution in [-0.2, 0) is 0 Å². The maximum Gasteiger partial charge on any atom is 0.00420 e. The van der Waals surface area contributed by atoms with Crippen molar-refractivity contribution < 1.29 is 0 Å². The van der Waals surface area contributed by atoms with Crippen LogP contribution in [0.4, 0.5) is 0 Å². The molecule has 1 fully saturated rings. The molecule has 0 spiro atoms. The maximum atomic E-state index is 5.56. The average molecular weight is 126 g/mol. The van der Waals surface area contributed by atoms with Gasteiger partial charge >= 0.3 is 0 Å². The lowest BCUT2D eigenvalue weighted by atomic mass is 10.0. The van der Waals surface area contributed by atoms with Crippen molar-refractivity contribution in [3.8, 4) is 0 Å². The van der Waals surface area contributed by atoms with Crippen LogP contribution in [-0.4, -0.2) is 6.04 Å². The number of hydrogen-bond acceptors (Lipinski definition) is 1. The largest absolute Gasteiger partial charge is 0.328 e. The molecule has 0 saturated heterocycles. The summed E-state index contributed by atoms with van der Waals surface area (Å²) in [6, 6.07) is 0.174. The first-order valence-electron chi connectivity index (χ1n) is 3.87. The van der Waals surface area contributed by atoms with E-state index in [1.165, 1.54) is 25.7 Å². The molecule has 1 rings (SSSR count). The maximum absolute atomic E-state index is 5.56. The fourth-order valence-electron chi connectivity index (χ4n) is 1.67. The molecule has 0 heterocycles. The van der Waals surface area contributed by atoms with Crippen molar-refractivity contribution in [2.24, 2.45) is 11.7 Å². The molecule has 9 heavy (non-hydrogen) atoms. The molecule has 1 heteroatoms. The van der Waals surface area contributed by atoms with Crippen LogP contribution >= 0.6 is 0 Å². The Hall–Kier alpha value is -0.0400. The van der Waals surface area contributed by atoms with Gasteiger partial charge in [-0.15, -0.1) is 0 Å². The molecule has 1 saturated carbocycles. The highest BCUT2D eigenvalue weighted by Gasteiger charge is 2.15. The van der Waals surface area contributed by atoms with Gasteiger partial charge in [-0.2, -0.15) is 0 Å². The SMILES string of the molecule is [CH2][C@H](N)CC1CCCC1. The van der Waals surface area contributed by atoms with E-state index in [1.807, 2.05) is 0 Å². The Morgan fingerprint density at radius 1 is 1.44 bits per heavy atom. The Kier molecular flexibility index (Phi) is 2.52. The fourth-order valence-corrected chi connectivity index (χ4v) is 1.67. The summed E-state index contributed by atoms with van der Waals surface area (Å²) in [4.78, 5) is 0.